The average Bonchev–Trinajstić information content (AvgIpc) is 3.06. The number of rotatable bonds is 3. The molecule has 2 aliphatic rings. The SMILES string of the molecule is Cc1cccc(C2CCCCCN2C(=O)c2cn(C3CCNCC3)nn2)c1. The molecule has 4 rings (SSSR count). The Hall–Kier alpha value is -2.21. The van der Waals surface area contributed by atoms with Gasteiger partial charge < -0.3 is 10.2 Å². The number of aromatic nitrogens is 3. The summed E-state index contributed by atoms with van der Waals surface area (Å²) in [4.78, 5) is 15.3. The van der Waals surface area contributed by atoms with Crippen molar-refractivity contribution in [1.29, 1.82) is 0 Å². The van der Waals surface area contributed by atoms with E-state index in [9.17, 15) is 4.79 Å². The van der Waals surface area contributed by atoms with Gasteiger partial charge in [0.15, 0.2) is 5.69 Å². The first-order valence-electron chi connectivity index (χ1n) is 10.2. The number of nitrogens with zero attached hydrogens (tertiary/aromatic N) is 4. The molecule has 1 aromatic carbocycles. The molecule has 1 unspecified atom stereocenters. The minimum Gasteiger partial charge on any atom is -0.330 e. The lowest BCUT2D eigenvalue weighted by Crippen LogP contribution is -2.35. The van der Waals surface area contributed by atoms with Crippen molar-refractivity contribution in [2.45, 2.75) is 57.5 Å². The third-order valence-corrected chi connectivity index (χ3v) is 5.85. The maximum absolute atomic E-state index is 13.3. The van der Waals surface area contributed by atoms with Crippen molar-refractivity contribution >= 4 is 5.91 Å². The Morgan fingerprint density at radius 2 is 2.00 bits per heavy atom. The number of nitrogens with one attached hydrogen (secondary N) is 1. The zero-order valence-electron chi connectivity index (χ0n) is 16.1. The fourth-order valence-corrected chi connectivity index (χ4v) is 4.35. The Bertz CT molecular complexity index is 780. The molecule has 0 aliphatic carbocycles. The molecule has 2 fully saturated rings. The zero-order chi connectivity index (χ0) is 18.6. The van der Waals surface area contributed by atoms with Crippen LogP contribution in [-0.2, 0) is 0 Å². The van der Waals surface area contributed by atoms with Crippen LogP contribution in [-0.4, -0.2) is 45.4 Å². The summed E-state index contributed by atoms with van der Waals surface area (Å²) >= 11 is 0. The van der Waals surface area contributed by atoms with Crippen molar-refractivity contribution in [3.05, 3.63) is 47.3 Å². The smallest absolute Gasteiger partial charge is 0.276 e. The lowest BCUT2D eigenvalue weighted by molar-refractivity contribution is 0.0674. The molecule has 0 saturated carbocycles. The summed E-state index contributed by atoms with van der Waals surface area (Å²) in [5.74, 6) is 0.0172. The topological polar surface area (TPSA) is 63.1 Å². The van der Waals surface area contributed by atoms with Crippen LogP contribution in [0, 0.1) is 6.92 Å². The van der Waals surface area contributed by atoms with Gasteiger partial charge in [-0.05, 0) is 51.3 Å². The molecule has 6 nitrogen and oxygen atoms in total. The van der Waals surface area contributed by atoms with Crippen molar-refractivity contribution in [3.8, 4) is 0 Å². The molecule has 2 aromatic rings. The van der Waals surface area contributed by atoms with Crippen LogP contribution in [0.15, 0.2) is 30.5 Å². The molecular weight excluding hydrogens is 338 g/mol. The van der Waals surface area contributed by atoms with Crippen LogP contribution in [0.25, 0.3) is 0 Å². The molecular formula is C21H29N5O. The van der Waals surface area contributed by atoms with Gasteiger partial charge in [-0.15, -0.1) is 5.10 Å². The lowest BCUT2D eigenvalue weighted by atomic mass is 9.99. The maximum atomic E-state index is 13.3. The van der Waals surface area contributed by atoms with E-state index in [-0.39, 0.29) is 11.9 Å². The van der Waals surface area contributed by atoms with Gasteiger partial charge in [-0.1, -0.05) is 47.9 Å². The highest BCUT2D eigenvalue weighted by Gasteiger charge is 2.29. The summed E-state index contributed by atoms with van der Waals surface area (Å²) < 4.78 is 1.90. The van der Waals surface area contributed by atoms with E-state index in [1.165, 1.54) is 17.5 Å². The molecule has 2 saturated heterocycles. The Kier molecular flexibility index (Phi) is 5.53. The summed E-state index contributed by atoms with van der Waals surface area (Å²) in [5.41, 5.74) is 2.95. The Balaban J connectivity index is 1.57. The first-order valence-corrected chi connectivity index (χ1v) is 10.2. The van der Waals surface area contributed by atoms with E-state index in [0.29, 0.717) is 11.7 Å². The number of benzene rings is 1. The highest BCUT2D eigenvalue weighted by Crippen LogP contribution is 2.31. The van der Waals surface area contributed by atoms with Gasteiger partial charge in [0.1, 0.15) is 0 Å². The largest absolute Gasteiger partial charge is 0.330 e. The molecule has 27 heavy (non-hydrogen) atoms. The Morgan fingerprint density at radius 3 is 2.81 bits per heavy atom. The second-order valence-electron chi connectivity index (χ2n) is 7.84. The van der Waals surface area contributed by atoms with E-state index in [1.807, 2.05) is 15.8 Å². The van der Waals surface area contributed by atoms with Crippen LogP contribution in [0.2, 0.25) is 0 Å². The monoisotopic (exact) mass is 367 g/mol. The summed E-state index contributed by atoms with van der Waals surface area (Å²) in [6.07, 6.45) is 8.32. The number of carbonyl (C=O) groups excluding carboxylic acids is 1. The van der Waals surface area contributed by atoms with Gasteiger partial charge in [-0.25, -0.2) is 4.68 Å². The molecule has 2 aliphatic heterocycles. The second kappa shape index (κ2) is 8.21. The molecule has 1 atom stereocenters. The van der Waals surface area contributed by atoms with Crippen LogP contribution in [0.4, 0.5) is 0 Å². The predicted molar refractivity (Wildman–Crippen MR) is 105 cm³/mol. The summed E-state index contributed by atoms with van der Waals surface area (Å²) in [6, 6.07) is 9.03. The maximum Gasteiger partial charge on any atom is 0.276 e. The first-order chi connectivity index (χ1) is 13.2. The fourth-order valence-electron chi connectivity index (χ4n) is 4.35. The summed E-state index contributed by atoms with van der Waals surface area (Å²) in [5, 5.41) is 11.9. The second-order valence-corrected chi connectivity index (χ2v) is 7.84. The molecule has 144 valence electrons. The third-order valence-electron chi connectivity index (χ3n) is 5.85. The number of piperidine rings is 1. The minimum atomic E-state index is 0.0172. The van der Waals surface area contributed by atoms with E-state index < -0.39 is 0 Å². The van der Waals surface area contributed by atoms with E-state index in [4.69, 9.17) is 0 Å². The number of likely N-dealkylation sites (tertiary alicyclic amines) is 1. The quantitative estimate of drug-likeness (QED) is 0.904. The van der Waals surface area contributed by atoms with Gasteiger partial charge in [0, 0.05) is 6.54 Å². The van der Waals surface area contributed by atoms with Gasteiger partial charge in [-0.3, -0.25) is 4.79 Å². The number of carbonyl (C=O) groups is 1. The summed E-state index contributed by atoms with van der Waals surface area (Å²) in [7, 11) is 0. The van der Waals surface area contributed by atoms with Crippen LogP contribution < -0.4 is 5.32 Å². The summed E-state index contributed by atoms with van der Waals surface area (Å²) in [6.45, 7) is 4.89. The standard InChI is InChI=1S/C21H29N5O/c1-16-6-5-7-17(14-16)20-8-3-2-4-13-25(20)21(27)19-15-26(24-23-19)18-9-11-22-12-10-18/h5-7,14-15,18,20,22H,2-4,8-13H2,1H3. The van der Waals surface area contributed by atoms with Crippen molar-refractivity contribution in [2.75, 3.05) is 19.6 Å². The van der Waals surface area contributed by atoms with Gasteiger partial charge >= 0.3 is 0 Å². The van der Waals surface area contributed by atoms with E-state index in [0.717, 1.165) is 51.7 Å². The number of hydrogen-bond donors (Lipinski definition) is 1. The molecule has 3 heterocycles. The molecule has 1 amide bonds. The van der Waals surface area contributed by atoms with Gasteiger partial charge in [0.25, 0.3) is 5.91 Å². The van der Waals surface area contributed by atoms with Crippen LogP contribution in [0.5, 0.6) is 0 Å². The Morgan fingerprint density at radius 1 is 1.15 bits per heavy atom. The van der Waals surface area contributed by atoms with Crippen LogP contribution in [0.1, 0.15) is 72.2 Å². The fraction of sp³-hybridized carbons (Fsp3) is 0.571. The van der Waals surface area contributed by atoms with Gasteiger partial charge in [0.05, 0.1) is 18.3 Å². The lowest BCUT2D eigenvalue weighted by Gasteiger charge is -2.30. The normalized spacial score (nSPS) is 21.8. The molecule has 1 aromatic heterocycles. The highest BCUT2D eigenvalue weighted by atomic mass is 16.2. The third kappa shape index (κ3) is 4.05. The number of amides is 1. The van der Waals surface area contributed by atoms with E-state index in [2.05, 4.69) is 46.8 Å². The molecule has 0 radical (unpaired) electrons. The van der Waals surface area contributed by atoms with E-state index >= 15 is 0 Å². The van der Waals surface area contributed by atoms with Gasteiger partial charge in [-0.2, -0.15) is 0 Å². The van der Waals surface area contributed by atoms with Crippen molar-refractivity contribution in [1.82, 2.24) is 25.2 Å². The van der Waals surface area contributed by atoms with E-state index in [1.54, 1.807) is 0 Å². The molecule has 1 N–H and O–H groups in total. The number of aryl methyl sites for hydroxylation is 1. The van der Waals surface area contributed by atoms with Crippen LogP contribution >= 0.6 is 0 Å². The van der Waals surface area contributed by atoms with Crippen LogP contribution in [0.3, 0.4) is 0 Å². The zero-order valence-corrected chi connectivity index (χ0v) is 16.1. The molecule has 0 spiro atoms. The minimum absolute atomic E-state index is 0.0172. The highest BCUT2D eigenvalue weighted by molar-refractivity contribution is 5.92. The predicted octanol–water partition coefficient (Wildman–Crippen LogP) is 3.27. The van der Waals surface area contributed by atoms with Crippen molar-refractivity contribution in [3.63, 3.8) is 0 Å². The average molecular weight is 367 g/mol. The van der Waals surface area contributed by atoms with Crippen molar-refractivity contribution in [2.24, 2.45) is 0 Å². The number of hydrogen-bond acceptors (Lipinski definition) is 4. The first kappa shape index (κ1) is 18.2. The molecule has 6 heteroatoms. The van der Waals surface area contributed by atoms with Crippen molar-refractivity contribution < 1.29 is 4.79 Å². The molecule has 0 bridgehead atoms. The van der Waals surface area contributed by atoms with Gasteiger partial charge in [0.2, 0.25) is 0 Å². The Labute approximate surface area is 160 Å².